The van der Waals surface area contributed by atoms with E-state index < -0.39 is 20.7 Å². The van der Waals surface area contributed by atoms with Gasteiger partial charge in [-0.1, -0.05) is 12.1 Å². The normalized spacial score (nSPS) is 11.3. The Morgan fingerprint density at radius 1 is 1.07 bits per heavy atom. The third kappa shape index (κ3) is 4.28. The van der Waals surface area contributed by atoms with Crippen molar-refractivity contribution < 1.29 is 17.5 Å². The number of sulfonamides is 1. The Morgan fingerprint density at radius 3 is 2.53 bits per heavy atom. The third-order valence-corrected chi connectivity index (χ3v) is 5.44. The Morgan fingerprint density at radius 2 is 1.83 bits per heavy atom. The first-order chi connectivity index (χ1) is 14.4. The van der Waals surface area contributed by atoms with E-state index in [9.17, 15) is 12.8 Å². The summed E-state index contributed by atoms with van der Waals surface area (Å²) in [4.78, 5) is 12.2. The van der Waals surface area contributed by atoms with Crippen LogP contribution in [-0.2, 0) is 10.0 Å². The molecule has 0 saturated heterocycles. The predicted octanol–water partition coefficient (Wildman–Crippen LogP) is 3.70. The lowest BCUT2D eigenvalue weighted by Gasteiger charge is -2.11. The lowest BCUT2D eigenvalue weighted by atomic mass is 10.3. The van der Waals surface area contributed by atoms with E-state index in [2.05, 4.69) is 19.7 Å². The van der Waals surface area contributed by atoms with Crippen LogP contribution in [0, 0.1) is 12.7 Å². The minimum atomic E-state index is -4.05. The summed E-state index contributed by atoms with van der Waals surface area (Å²) in [7, 11) is -4.05. The van der Waals surface area contributed by atoms with Crippen LogP contribution in [0.15, 0.2) is 78.2 Å². The van der Waals surface area contributed by atoms with Crippen LogP contribution in [-0.4, -0.2) is 27.9 Å². The fourth-order valence-electron chi connectivity index (χ4n) is 2.69. The molecule has 0 aliphatic carbocycles. The maximum atomic E-state index is 13.8. The summed E-state index contributed by atoms with van der Waals surface area (Å²) >= 11 is 0. The van der Waals surface area contributed by atoms with Crippen molar-refractivity contribution in [3.05, 3.63) is 85.0 Å². The monoisotopic (exact) mass is 425 g/mol. The molecule has 152 valence electrons. The van der Waals surface area contributed by atoms with Crippen LogP contribution in [0.25, 0.3) is 5.82 Å². The van der Waals surface area contributed by atoms with Crippen molar-refractivity contribution in [1.82, 2.24) is 19.5 Å². The average molecular weight is 425 g/mol. The summed E-state index contributed by atoms with van der Waals surface area (Å²) in [5, 5.41) is 0. The van der Waals surface area contributed by atoms with Crippen LogP contribution in [0.3, 0.4) is 0 Å². The van der Waals surface area contributed by atoms with Gasteiger partial charge in [0.1, 0.15) is 34.4 Å². The highest BCUT2D eigenvalue weighted by Gasteiger charge is 2.18. The van der Waals surface area contributed by atoms with E-state index in [1.807, 2.05) is 0 Å². The molecular weight excluding hydrogens is 409 g/mol. The number of rotatable bonds is 6. The van der Waals surface area contributed by atoms with Crippen molar-refractivity contribution in [3.8, 4) is 17.4 Å². The number of hydrogen-bond acceptors (Lipinski definition) is 6. The molecule has 30 heavy (non-hydrogen) atoms. The number of aryl methyl sites for hydroxylation is 1. The van der Waals surface area contributed by atoms with Gasteiger partial charge in [-0.2, -0.15) is 4.98 Å². The van der Waals surface area contributed by atoms with Crippen molar-refractivity contribution in [1.29, 1.82) is 0 Å². The number of halogens is 1. The highest BCUT2D eigenvalue weighted by atomic mass is 32.2. The van der Waals surface area contributed by atoms with Gasteiger partial charge >= 0.3 is 0 Å². The Kier molecular flexibility index (Phi) is 5.15. The molecule has 8 nitrogen and oxygen atoms in total. The second kappa shape index (κ2) is 7.91. The summed E-state index contributed by atoms with van der Waals surface area (Å²) in [6.07, 6.45) is 5.00. The quantitative estimate of drug-likeness (QED) is 0.506. The van der Waals surface area contributed by atoms with Gasteiger partial charge in [0.25, 0.3) is 10.0 Å². The molecule has 0 aliphatic heterocycles. The first kappa shape index (κ1) is 19.5. The van der Waals surface area contributed by atoms with Gasteiger partial charge in [0.05, 0.1) is 0 Å². The number of aromatic nitrogens is 4. The molecule has 0 bridgehead atoms. The zero-order valence-electron chi connectivity index (χ0n) is 15.7. The van der Waals surface area contributed by atoms with E-state index in [0.29, 0.717) is 23.3 Å². The van der Waals surface area contributed by atoms with Gasteiger partial charge in [-0.3, -0.25) is 9.29 Å². The van der Waals surface area contributed by atoms with Crippen molar-refractivity contribution in [2.24, 2.45) is 0 Å². The van der Waals surface area contributed by atoms with Gasteiger partial charge in [0.15, 0.2) is 0 Å². The fraction of sp³-hybridized carbons (Fsp3) is 0.0500. The standard InChI is InChI=1S/C20H16FN5O3S/c1-14-23-19(26-11-10-22-13-26)12-20(24-14)29-16-8-6-15(7-9-16)25-30(27,28)18-5-3-2-4-17(18)21/h2-13,25H,1H3. The summed E-state index contributed by atoms with van der Waals surface area (Å²) in [6, 6.07) is 13.0. The van der Waals surface area contributed by atoms with E-state index >= 15 is 0 Å². The molecule has 0 saturated carbocycles. The van der Waals surface area contributed by atoms with Gasteiger partial charge < -0.3 is 4.74 Å². The van der Waals surface area contributed by atoms with Crippen LogP contribution in [0.4, 0.5) is 10.1 Å². The zero-order chi connectivity index (χ0) is 21.1. The number of hydrogen-bond donors (Lipinski definition) is 1. The molecule has 0 unspecified atom stereocenters. The molecule has 4 rings (SSSR count). The van der Waals surface area contributed by atoms with E-state index in [-0.39, 0.29) is 5.69 Å². The van der Waals surface area contributed by atoms with Crippen LogP contribution < -0.4 is 9.46 Å². The van der Waals surface area contributed by atoms with E-state index in [1.165, 1.54) is 30.3 Å². The Hall–Kier alpha value is -3.79. The molecule has 0 aliphatic rings. The number of anilines is 1. The number of ether oxygens (including phenoxy) is 1. The average Bonchev–Trinajstić information content (AvgIpc) is 3.24. The molecule has 2 heterocycles. The van der Waals surface area contributed by atoms with Gasteiger partial charge in [0.2, 0.25) is 5.88 Å². The second-order valence-electron chi connectivity index (χ2n) is 6.24. The molecule has 0 atom stereocenters. The maximum absolute atomic E-state index is 13.8. The molecule has 2 aromatic carbocycles. The molecule has 0 spiro atoms. The first-order valence-corrected chi connectivity index (χ1v) is 10.3. The van der Waals surface area contributed by atoms with Gasteiger partial charge in [0, 0.05) is 24.1 Å². The maximum Gasteiger partial charge on any atom is 0.264 e. The van der Waals surface area contributed by atoms with Crippen molar-refractivity contribution in [2.45, 2.75) is 11.8 Å². The molecule has 0 fully saturated rings. The van der Waals surface area contributed by atoms with Crippen LogP contribution in [0.1, 0.15) is 5.82 Å². The fourth-order valence-corrected chi connectivity index (χ4v) is 3.83. The summed E-state index contributed by atoms with van der Waals surface area (Å²) in [5.74, 6) is 1.07. The summed E-state index contributed by atoms with van der Waals surface area (Å²) < 4.78 is 48.4. The van der Waals surface area contributed by atoms with Crippen LogP contribution >= 0.6 is 0 Å². The summed E-state index contributed by atoms with van der Waals surface area (Å²) in [6.45, 7) is 1.74. The second-order valence-corrected chi connectivity index (χ2v) is 7.89. The van der Waals surface area contributed by atoms with Crippen LogP contribution in [0.5, 0.6) is 11.6 Å². The third-order valence-electron chi connectivity index (χ3n) is 4.02. The van der Waals surface area contributed by atoms with E-state index in [4.69, 9.17) is 4.74 Å². The Bertz CT molecular complexity index is 1280. The van der Waals surface area contributed by atoms with E-state index in [1.54, 1.807) is 48.4 Å². The zero-order valence-corrected chi connectivity index (χ0v) is 16.5. The largest absolute Gasteiger partial charge is 0.439 e. The van der Waals surface area contributed by atoms with E-state index in [0.717, 1.165) is 6.07 Å². The number of nitrogens with zero attached hydrogens (tertiary/aromatic N) is 4. The molecular formula is C20H16FN5O3S. The topological polar surface area (TPSA) is 99.0 Å². The van der Waals surface area contributed by atoms with Gasteiger partial charge in [-0.15, -0.1) is 0 Å². The highest BCUT2D eigenvalue weighted by molar-refractivity contribution is 7.92. The number of nitrogens with one attached hydrogen (secondary N) is 1. The molecule has 1 N–H and O–H groups in total. The van der Waals surface area contributed by atoms with Gasteiger partial charge in [-0.05, 0) is 43.3 Å². The Balaban J connectivity index is 1.52. The van der Waals surface area contributed by atoms with Crippen LogP contribution in [0.2, 0.25) is 0 Å². The molecule has 10 heteroatoms. The molecule has 0 radical (unpaired) electrons. The SMILES string of the molecule is Cc1nc(Oc2ccc(NS(=O)(=O)c3ccccc3F)cc2)cc(-n2ccnc2)n1. The minimum absolute atomic E-state index is 0.267. The number of benzene rings is 2. The van der Waals surface area contributed by atoms with Crippen molar-refractivity contribution in [3.63, 3.8) is 0 Å². The first-order valence-electron chi connectivity index (χ1n) is 8.80. The highest BCUT2D eigenvalue weighted by Crippen LogP contribution is 2.25. The lowest BCUT2D eigenvalue weighted by Crippen LogP contribution is -2.14. The molecule has 4 aromatic rings. The smallest absolute Gasteiger partial charge is 0.264 e. The molecule has 0 amide bonds. The van der Waals surface area contributed by atoms with Crippen molar-refractivity contribution in [2.75, 3.05) is 4.72 Å². The predicted molar refractivity (Wildman–Crippen MR) is 108 cm³/mol. The van der Waals surface area contributed by atoms with Gasteiger partial charge in [-0.25, -0.2) is 22.8 Å². The minimum Gasteiger partial charge on any atom is -0.439 e. The Labute approximate surface area is 172 Å². The molecule has 2 aromatic heterocycles. The lowest BCUT2D eigenvalue weighted by molar-refractivity contribution is 0.459. The number of imidazole rings is 1. The van der Waals surface area contributed by atoms with Crippen molar-refractivity contribution >= 4 is 15.7 Å². The summed E-state index contributed by atoms with van der Waals surface area (Å²) in [5.41, 5.74) is 0.267.